The third-order valence-electron chi connectivity index (χ3n) is 3.70. The lowest BCUT2D eigenvalue weighted by Crippen LogP contribution is -2.99. The van der Waals surface area contributed by atoms with Crippen LogP contribution in [0.5, 0.6) is 0 Å². The first-order chi connectivity index (χ1) is 11.1. The van der Waals surface area contributed by atoms with Gasteiger partial charge in [0, 0.05) is 17.7 Å². The monoisotopic (exact) mass is 317 g/mol. The van der Waals surface area contributed by atoms with E-state index in [1.807, 2.05) is 24.1 Å². The van der Waals surface area contributed by atoms with E-state index in [2.05, 4.69) is 5.10 Å². The Bertz CT molecular complexity index is 690. The van der Waals surface area contributed by atoms with Gasteiger partial charge in [0.15, 0.2) is 5.69 Å². The summed E-state index contributed by atoms with van der Waals surface area (Å²) in [4.78, 5) is 0. The molecular weight excluding hydrogens is 298 g/mol. The molecule has 1 aromatic heterocycles. The van der Waals surface area contributed by atoms with Gasteiger partial charge >= 0.3 is 0 Å². The number of morpholine rings is 1. The summed E-state index contributed by atoms with van der Waals surface area (Å²) in [5, 5.41) is 25.4. The molecule has 0 saturated carbocycles. The van der Waals surface area contributed by atoms with Crippen LogP contribution in [0, 0.1) is 12.1 Å². The van der Waals surface area contributed by atoms with Gasteiger partial charge in [-0.2, -0.15) is 10.3 Å². The van der Waals surface area contributed by atoms with Crippen molar-refractivity contribution in [2.45, 2.75) is 6.92 Å². The normalized spacial score (nSPS) is 16.9. The molecule has 1 saturated heterocycles. The summed E-state index contributed by atoms with van der Waals surface area (Å²) in [5.74, 6) is 1.36. The number of ether oxygens (including phenoxy) is 1. The number of hydrazone groups is 1. The highest BCUT2D eigenvalue weighted by Gasteiger charge is 2.11. The molecule has 1 aliphatic heterocycles. The summed E-state index contributed by atoms with van der Waals surface area (Å²) in [5.41, 5.74) is 2.00. The zero-order chi connectivity index (χ0) is 16.2. The van der Waals surface area contributed by atoms with E-state index in [0.717, 1.165) is 24.2 Å². The van der Waals surface area contributed by atoms with Crippen molar-refractivity contribution in [2.24, 2.45) is 5.10 Å². The highest BCUT2D eigenvalue weighted by Crippen LogP contribution is 2.26. The van der Waals surface area contributed by atoms with Gasteiger partial charge in [-0.15, -0.1) is 0 Å². The van der Waals surface area contributed by atoms with Gasteiger partial charge in [-0.05, 0) is 30.7 Å². The molecule has 7 nitrogen and oxygen atoms in total. The van der Waals surface area contributed by atoms with E-state index in [0.29, 0.717) is 24.7 Å². The Morgan fingerprint density at radius 2 is 2.04 bits per heavy atom. The molecular formula is C16H19N3O4. The lowest BCUT2D eigenvalue weighted by molar-refractivity contribution is -0.991. The fraction of sp³-hybridized carbons (Fsp3) is 0.312. The van der Waals surface area contributed by atoms with Crippen LogP contribution in [0.4, 0.5) is 5.69 Å². The van der Waals surface area contributed by atoms with E-state index in [1.54, 1.807) is 24.4 Å². The molecule has 0 radical (unpaired) electrons. The quantitative estimate of drug-likeness (QED) is 0.656. The SMILES string of the molecule is Cc1cc([NH+]([O-])O)ccc1-c1ccc(/C=N/N2CCOCC2)o1. The van der Waals surface area contributed by atoms with E-state index in [4.69, 9.17) is 14.4 Å². The molecule has 2 N–H and O–H groups in total. The van der Waals surface area contributed by atoms with Crippen molar-refractivity contribution in [1.82, 2.24) is 5.01 Å². The number of hydrogen-bond donors (Lipinski definition) is 2. The van der Waals surface area contributed by atoms with E-state index in [1.165, 1.54) is 0 Å². The Morgan fingerprint density at radius 3 is 2.74 bits per heavy atom. The predicted molar refractivity (Wildman–Crippen MR) is 84.6 cm³/mol. The topological polar surface area (TPSA) is 85.7 Å². The molecule has 1 unspecified atom stereocenters. The second kappa shape index (κ2) is 6.93. The Balaban J connectivity index is 1.75. The average molecular weight is 317 g/mol. The Labute approximate surface area is 133 Å². The van der Waals surface area contributed by atoms with Gasteiger partial charge in [0.05, 0.1) is 32.5 Å². The summed E-state index contributed by atoms with van der Waals surface area (Å²) in [6, 6.07) is 8.70. The zero-order valence-corrected chi connectivity index (χ0v) is 12.9. The van der Waals surface area contributed by atoms with Crippen molar-refractivity contribution in [3.8, 4) is 11.3 Å². The van der Waals surface area contributed by atoms with Gasteiger partial charge in [-0.25, -0.2) is 5.21 Å². The number of nitrogens with one attached hydrogen (secondary N) is 1. The Kier molecular flexibility index (Phi) is 4.73. The van der Waals surface area contributed by atoms with Crippen LogP contribution in [-0.2, 0) is 4.74 Å². The smallest absolute Gasteiger partial charge is 0.164 e. The van der Waals surface area contributed by atoms with Crippen LogP contribution in [0.25, 0.3) is 11.3 Å². The van der Waals surface area contributed by atoms with E-state index >= 15 is 0 Å². The minimum atomic E-state index is -0.933. The standard InChI is InChI=1S/C16H19N3O4/c1-12-10-13(19(20)21)2-4-15(12)16-5-3-14(23-16)11-17-18-6-8-22-9-7-18/h2-5,10-11,19-20H,6-9H2,1H3/b17-11+. The first kappa shape index (κ1) is 15.7. The molecule has 2 heterocycles. The van der Waals surface area contributed by atoms with Crippen molar-refractivity contribution in [3.05, 3.63) is 46.9 Å². The van der Waals surface area contributed by atoms with Crippen molar-refractivity contribution in [2.75, 3.05) is 26.3 Å². The van der Waals surface area contributed by atoms with Crippen molar-refractivity contribution < 1.29 is 19.6 Å². The van der Waals surface area contributed by atoms with Gasteiger partial charge in [-0.1, -0.05) is 0 Å². The van der Waals surface area contributed by atoms with Crippen LogP contribution >= 0.6 is 0 Å². The summed E-state index contributed by atoms with van der Waals surface area (Å²) in [6.45, 7) is 4.80. The van der Waals surface area contributed by atoms with Crippen LogP contribution < -0.4 is 5.23 Å². The first-order valence-electron chi connectivity index (χ1n) is 7.44. The average Bonchev–Trinajstić information content (AvgIpc) is 3.02. The fourth-order valence-electron chi connectivity index (χ4n) is 2.45. The molecule has 3 rings (SSSR count). The lowest BCUT2D eigenvalue weighted by Gasteiger charge is -2.23. The van der Waals surface area contributed by atoms with Crippen LogP contribution in [-0.4, -0.2) is 42.7 Å². The highest BCUT2D eigenvalue weighted by molar-refractivity contribution is 5.77. The second-order valence-corrected chi connectivity index (χ2v) is 5.35. The van der Waals surface area contributed by atoms with Crippen molar-refractivity contribution in [3.63, 3.8) is 0 Å². The van der Waals surface area contributed by atoms with Gasteiger partial charge < -0.3 is 14.4 Å². The number of nitrogens with zero attached hydrogens (tertiary/aromatic N) is 2. The summed E-state index contributed by atoms with van der Waals surface area (Å²) >= 11 is 0. The number of rotatable bonds is 4. The minimum absolute atomic E-state index is 0.270. The highest BCUT2D eigenvalue weighted by atomic mass is 16.8. The van der Waals surface area contributed by atoms with Gasteiger partial charge in [0.1, 0.15) is 11.5 Å². The summed E-state index contributed by atoms with van der Waals surface area (Å²) in [7, 11) is 0. The van der Waals surface area contributed by atoms with E-state index in [-0.39, 0.29) is 5.69 Å². The third kappa shape index (κ3) is 3.77. The van der Waals surface area contributed by atoms with Gasteiger partial charge in [-0.3, -0.25) is 5.01 Å². The zero-order valence-electron chi connectivity index (χ0n) is 12.9. The molecule has 7 heteroatoms. The van der Waals surface area contributed by atoms with Gasteiger partial charge in [0.2, 0.25) is 0 Å². The van der Waals surface area contributed by atoms with Crippen molar-refractivity contribution in [1.29, 1.82) is 0 Å². The van der Waals surface area contributed by atoms with Crippen LogP contribution in [0.15, 0.2) is 39.9 Å². The third-order valence-corrected chi connectivity index (χ3v) is 3.70. The van der Waals surface area contributed by atoms with Crippen molar-refractivity contribution >= 4 is 11.9 Å². The molecule has 1 atom stereocenters. The molecule has 0 bridgehead atoms. The number of benzene rings is 1. The van der Waals surface area contributed by atoms with Crippen LogP contribution in [0.3, 0.4) is 0 Å². The molecule has 0 spiro atoms. The number of quaternary nitrogens is 1. The van der Waals surface area contributed by atoms with E-state index < -0.39 is 5.23 Å². The number of aryl methyl sites for hydroxylation is 1. The second-order valence-electron chi connectivity index (χ2n) is 5.35. The molecule has 23 heavy (non-hydrogen) atoms. The number of hydrogen-bond acceptors (Lipinski definition) is 6. The van der Waals surface area contributed by atoms with Crippen LogP contribution in [0.1, 0.15) is 11.3 Å². The largest absolute Gasteiger partial charge is 0.595 e. The fourth-order valence-corrected chi connectivity index (χ4v) is 2.45. The summed E-state index contributed by atoms with van der Waals surface area (Å²) < 4.78 is 11.1. The molecule has 0 amide bonds. The lowest BCUT2D eigenvalue weighted by atomic mass is 10.1. The maximum absolute atomic E-state index is 11.0. The van der Waals surface area contributed by atoms with E-state index in [9.17, 15) is 5.21 Å². The molecule has 1 fully saturated rings. The maximum atomic E-state index is 11.0. The van der Waals surface area contributed by atoms with Gasteiger partial charge in [0.25, 0.3) is 0 Å². The maximum Gasteiger partial charge on any atom is 0.164 e. The summed E-state index contributed by atoms with van der Waals surface area (Å²) in [6.07, 6.45) is 1.69. The first-order valence-corrected chi connectivity index (χ1v) is 7.44. The predicted octanol–water partition coefficient (Wildman–Crippen LogP) is 1.32. The Morgan fingerprint density at radius 1 is 1.26 bits per heavy atom. The molecule has 2 aromatic rings. The molecule has 0 aliphatic carbocycles. The minimum Gasteiger partial charge on any atom is -0.595 e. The Hall–Kier alpha value is -2.19. The number of furan rings is 1. The molecule has 1 aromatic carbocycles. The van der Waals surface area contributed by atoms with Crippen LogP contribution in [0.2, 0.25) is 0 Å². The molecule has 1 aliphatic rings. The molecule has 122 valence electrons.